The summed E-state index contributed by atoms with van der Waals surface area (Å²) in [5.74, 6) is 0.607. The van der Waals surface area contributed by atoms with Crippen LogP contribution in [0.4, 0.5) is 0 Å². The minimum absolute atomic E-state index is 0.127. The zero-order valence-electron chi connectivity index (χ0n) is 10.6. The minimum atomic E-state index is -2.76. The van der Waals surface area contributed by atoms with E-state index in [9.17, 15) is 8.42 Å². The van der Waals surface area contributed by atoms with E-state index in [4.69, 9.17) is 5.73 Å². The van der Waals surface area contributed by atoms with Crippen molar-refractivity contribution in [2.24, 2.45) is 11.1 Å². The lowest BCUT2D eigenvalue weighted by molar-refractivity contribution is 0.239. The van der Waals surface area contributed by atoms with E-state index in [1.807, 2.05) is 0 Å². The summed E-state index contributed by atoms with van der Waals surface area (Å²) < 4.78 is 22.5. The van der Waals surface area contributed by atoms with Gasteiger partial charge in [0.25, 0.3) is 0 Å². The average Bonchev–Trinajstić information content (AvgIpc) is 2.14. The zero-order valence-corrected chi connectivity index (χ0v) is 11.4. The van der Waals surface area contributed by atoms with Gasteiger partial charge in [0.15, 0.2) is 9.84 Å². The molecule has 1 fully saturated rings. The first-order chi connectivity index (χ1) is 7.21. The molecule has 1 saturated heterocycles. The lowest BCUT2D eigenvalue weighted by Crippen LogP contribution is -2.44. The molecule has 0 amide bonds. The Balaban J connectivity index is 2.30. The Kier molecular flexibility index (Phi) is 4.37. The van der Waals surface area contributed by atoms with Crippen molar-refractivity contribution in [3.05, 3.63) is 0 Å². The highest BCUT2D eigenvalue weighted by molar-refractivity contribution is 7.91. The van der Waals surface area contributed by atoms with Crippen LogP contribution in [0.1, 0.15) is 27.2 Å². The molecular weight excluding hydrogens is 224 g/mol. The number of nitrogens with two attached hydrogens (primary N) is 1. The van der Waals surface area contributed by atoms with E-state index in [2.05, 4.69) is 25.7 Å². The van der Waals surface area contributed by atoms with Gasteiger partial charge in [-0.3, -0.25) is 0 Å². The summed E-state index contributed by atoms with van der Waals surface area (Å²) in [7, 11) is -2.76. The van der Waals surface area contributed by atoms with Crippen molar-refractivity contribution in [2.45, 2.75) is 33.2 Å². The molecule has 0 radical (unpaired) electrons. The lowest BCUT2D eigenvalue weighted by Gasteiger charge is -2.31. The van der Waals surface area contributed by atoms with Gasteiger partial charge in [0, 0.05) is 19.1 Å². The van der Waals surface area contributed by atoms with E-state index in [1.165, 1.54) is 0 Å². The summed E-state index contributed by atoms with van der Waals surface area (Å²) >= 11 is 0. The van der Waals surface area contributed by atoms with Gasteiger partial charge in [-0.25, -0.2) is 8.42 Å². The maximum atomic E-state index is 11.2. The van der Waals surface area contributed by atoms with Crippen molar-refractivity contribution < 1.29 is 8.42 Å². The molecular formula is C11H24N2O2S. The second-order valence-corrected chi connectivity index (χ2v) is 8.06. The normalized spacial score (nSPS) is 24.2. The minimum Gasteiger partial charge on any atom is -0.327 e. The van der Waals surface area contributed by atoms with Crippen LogP contribution in [-0.2, 0) is 9.84 Å². The Morgan fingerprint density at radius 2 is 1.75 bits per heavy atom. The van der Waals surface area contributed by atoms with E-state index in [1.54, 1.807) is 0 Å². The van der Waals surface area contributed by atoms with Gasteiger partial charge in [0.1, 0.15) is 0 Å². The number of sulfone groups is 1. The van der Waals surface area contributed by atoms with E-state index in [0.29, 0.717) is 24.6 Å². The Hall–Kier alpha value is -0.130. The molecule has 1 atom stereocenters. The molecule has 1 aliphatic heterocycles. The topological polar surface area (TPSA) is 63.4 Å². The molecule has 0 aliphatic carbocycles. The van der Waals surface area contributed by atoms with Gasteiger partial charge in [0.05, 0.1) is 11.5 Å². The fourth-order valence-corrected chi connectivity index (χ4v) is 3.01. The smallest absolute Gasteiger partial charge is 0.152 e. The van der Waals surface area contributed by atoms with Gasteiger partial charge >= 0.3 is 0 Å². The summed E-state index contributed by atoms with van der Waals surface area (Å²) in [6, 6.07) is 0.172. The van der Waals surface area contributed by atoms with Gasteiger partial charge in [-0.1, -0.05) is 20.8 Å². The third-order valence-electron chi connectivity index (χ3n) is 3.31. The van der Waals surface area contributed by atoms with Crippen LogP contribution in [0.5, 0.6) is 0 Å². The first-order valence-corrected chi connectivity index (χ1v) is 7.71. The predicted molar refractivity (Wildman–Crippen MR) is 67.1 cm³/mol. The van der Waals surface area contributed by atoms with Crippen LogP contribution in [-0.4, -0.2) is 50.5 Å². The number of hydrogen-bond acceptors (Lipinski definition) is 4. The lowest BCUT2D eigenvalue weighted by atomic mass is 9.85. The van der Waals surface area contributed by atoms with E-state index >= 15 is 0 Å². The Bertz CT molecular complexity index is 305. The SMILES string of the molecule is CC(C)(C)C(N)CCN1CCS(=O)(=O)CC1. The molecule has 0 aromatic heterocycles. The molecule has 0 bridgehead atoms. The highest BCUT2D eigenvalue weighted by Gasteiger charge is 2.24. The number of rotatable bonds is 3. The molecule has 4 nitrogen and oxygen atoms in total. The molecule has 0 aromatic rings. The monoisotopic (exact) mass is 248 g/mol. The maximum Gasteiger partial charge on any atom is 0.152 e. The Labute approximate surface area is 99.1 Å². The van der Waals surface area contributed by atoms with Crippen molar-refractivity contribution in [1.82, 2.24) is 4.90 Å². The molecule has 1 unspecified atom stereocenters. The van der Waals surface area contributed by atoms with Crippen molar-refractivity contribution in [3.8, 4) is 0 Å². The van der Waals surface area contributed by atoms with Crippen LogP contribution in [0.25, 0.3) is 0 Å². The molecule has 1 rings (SSSR count). The molecule has 96 valence electrons. The summed E-state index contributed by atoms with van der Waals surface area (Å²) in [5.41, 5.74) is 6.20. The Morgan fingerprint density at radius 3 is 2.19 bits per heavy atom. The second-order valence-electron chi connectivity index (χ2n) is 5.75. The van der Waals surface area contributed by atoms with Crippen LogP contribution in [0.15, 0.2) is 0 Å². The molecule has 0 spiro atoms. The van der Waals surface area contributed by atoms with Crippen LogP contribution in [0, 0.1) is 5.41 Å². The summed E-state index contributed by atoms with van der Waals surface area (Å²) in [6.07, 6.45) is 0.934. The molecule has 0 aromatic carbocycles. The fraction of sp³-hybridized carbons (Fsp3) is 1.00. The van der Waals surface area contributed by atoms with E-state index in [-0.39, 0.29) is 11.5 Å². The molecule has 1 heterocycles. The Morgan fingerprint density at radius 1 is 1.25 bits per heavy atom. The van der Waals surface area contributed by atoms with Crippen LogP contribution < -0.4 is 5.73 Å². The second kappa shape index (κ2) is 5.02. The predicted octanol–water partition coefficient (Wildman–Crippen LogP) is 0.480. The molecule has 16 heavy (non-hydrogen) atoms. The van der Waals surface area contributed by atoms with Crippen LogP contribution >= 0.6 is 0 Å². The number of hydrogen-bond donors (Lipinski definition) is 1. The third kappa shape index (κ3) is 4.39. The largest absolute Gasteiger partial charge is 0.327 e. The molecule has 2 N–H and O–H groups in total. The summed E-state index contributed by atoms with van der Waals surface area (Å²) in [6.45, 7) is 8.65. The molecule has 0 saturated carbocycles. The highest BCUT2D eigenvalue weighted by Crippen LogP contribution is 2.20. The first-order valence-electron chi connectivity index (χ1n) is 5.89. The van der Waals surface area contributed by atoms with Gasteiger partial charge in [-0.2, -0.15) is 0 Å². The zero-order chi connectivity index (χ0) is 12.4. The van der Waals surface area contributed by atoms with E-state index in [0.717, 1.165) is 13.0 Å². The van der Waals surface area contributed by atoms with Crippen molar-refractivity contribution >= 4 is 9.84 Å². The summed E-state index contributed by atoms with van der Waals surface area (Å²) in [4.78, 5) is 2.20. The molecule has 1 aliphatic rings. The van der Waals surface area contributed by atoms with Crippen LogP contribution in [0.2, 0.25) is 0 Å². The standard InChI is InChI=1S/C11H24N2O2S/c1-11(2,3)10(12)4-5-13-6-8-16(14,15)9-7-13/h10H,4-9,12H2,1-3H3. The quantitative estimate of drug-likeness (QED) is 0.789. The third-order valence-corrected chi connectivity index (χ3v) is 4.91. The summed E-state index contributed by atoms with van der Waals surface area (Å²) in [5, 5.41) is 0. The van der Waals surface area contributed by atoms with Gasteiger partial charge < -0.3 is 10.6 Å². The maximum absolute atomic E-state index is 11.2. The number of nitrogens with zero attached hydrogens (tertiary/aromatic N) is 1. The van der Waals surface area contributed by atoms with Gasteiger partial charge in [-0.15, -0.1) is 0 Å². The highest BCUT2D eigenvalue weighted by atomic mass is 32.2. The molecule has 5 heteroatoms. The van der Waals surface area contributed by atoms with E-state index < -0.39 is 9.84 Å². The van der Waals surface area contributed by atoms with Crippen molar-refractivity contribution in [1.29, 1.82) is 0 Å². The first kappa shape index (κ1) is 13.9. The van der Waals surface area contributed by atoms with Gasteiger partial charge in [-0.05, 0) is 18.4 Å². The fourth-order valence-electron chi connectivity index (χ4n) is 1.73. The average molecular weight is 248 g/mol. The van der Waals surface area contributed by atoms with Crippen LogP contribution in [0.3, 0.4) is 0 Å². The van der Waals surface area contributed by atoms with Gasteiger partial charge in [0.2, 0.25) is 0 Å². The van der Waals surface area contributed by atoms with Crippen molar-refractivity contribution in [2.75, 3.05) is 31.1 Å². The van der Waals surface area contributed by atoms with Crippen molar-refractivity contribution in [3.63, 3.8) is 0 Å².